The van der Waals surface area contributed by atoms with Crippen LogP contribution in [-0.4, -0.2) is 63.7 Å². The molecule has 0 aliphatic heterocycles. The van der Waals surface area contributed by atoms with Gasteiger partial charge in [0.2, 0.25) is 0 Å². The zero-order valence-corrected chi connectivity index (χ0v) is 17.4. The number of halogens is 1. The number of hydrogen-bond donors (Lipinski definition) is 2. The van der Waals surface area contributed by atoms with Crippen LogP contribution in [0, 0.1) is 5.92 Å². The number of ether oxygens (including phenoxy) is 1. The quantitative estimate of drug-likeness (QED) is 0.256. The van der Waals surface area contributed by atoms with E-state index in [9.17, 15) is 4.79 Å². The second-order valence-electron chi connectivity index (χ2n) is 6.04. The smallest absolute Gasteiger partial charge is 0.251 e. The van der Waals surface area contributed by atoms with Crippen LogP contribution in [0.5, 0.6) is 0 Å². The summed E-state index contributed by atoms with van der Waals surface area (Å²) in [6, 6.07) is 9.21. The van der Waals surface area contributed by atoms with Crippen LogP contribution in [0.3, 0.4) is 0 Å². The maximum atomic E-state index is 11.9. The summed E-state index contributed by atoms with van der Waals surface area (Å²) in [7, 11) is 3.74. The molecule has 1 aliphatic rings. The predicted molar refractivity (Wildman–Crippen MR) is 112 cm³/mol. The number of guanidine groups is 1. The first-order valence-electron chi connectivity index (χ1n) is 8.53. The second-order valence-corrected chi connectivity index (χ2v) is 6.04. The van der Waals surface area contributed by atoms with Gasteiger partial charge in [0.15, 0.2) is 5.96 Å². The summed E-state index contributed by atoms with van der Waals surface area (Å²) < 4.78 is 5.65. The van der Waals surface area contributed by atoms with Crippen molar-refractivity contribution in [2.75, 3.05) is 46.9 Å². The summed E-state index contributed by atoms with van der Waals surface area (Å²) >= 11 is 0. The number of rotatable bonds is 9. The van der Waals surface area contributed by atoms with Gasteiger partial charge in [-0.25, -0.2) is 0 Å². The summed E-state index contributed by atoms with van der Waals surface area (Å²) in [5.41, 5.74) is 0.673. The molecule has 0 radical (unpaired) electrons. The number of aliphatic imine (C=N–C) groups is 1. The average molecular weight is 460 g/mol. The van der Waals surface area contributed by atoms with Crippen molar-refractivity contribution in [3.05, 3.63) is 35.9 Å². The molecule has 0 aromatic heterocycles. The minimum absolute atomic E-state index is 0. The highest BCUT2D eigenvalue weighted by atomic mass is 127. The van der Waals surface area contributed by atoms with Gasteiger partial charge in [0, 0.05) is 45.9 Å². The Morgan fingerprint density at radius 3 is 2.56 bits per heavy atom. The van der Waals surface area contributed by atoms with Crippen molar-refractivity contribution >= 4 is 35.8 Å². The SMILES string of the molecule is CN=C(NCCNC(=O)c1ccccc1)N(C)CCOCC1CC1.I. The van der Waals surface area contributed by atoms with E-state index in [1.54, 1.807) is 19.2 Å². The number of carbonyl (C=O) groups is 1. The molecule has 1 aromatic carbocycles. The zero-order valence-electron chi connectivity index (χ0n) is 15.0. The Hall–Kier alpha value is -1.35. The maximum Gasteiger partial charge on any atom is 0.251 e. The Balaban J connectivity index is 0.00000312. The monoisotopic (exact) mass is 460 g/mol. The third kappa shape index (κ3) is 8.53. The molecule has 25 heavy (non-hydrogen) atoms. The second kappa shape index (κ2) is 12.1. The molecule has 0 saturated heterocycles. The van der Waals surface area contributed by atoms with Gasteiger partial charge in [0.05, 0.1) is 6.61 Å². The lowest BCUT2D eigenvalue weighted by Crippen LogP contribution is -2.43. The molecule has 0 unspecified atom stereocenters. The molecule has 0 spiro atoms. The summed E-state index contributed by atoms with van der Waals surface area (Å²) in [6.45, 7) is 3.55. The Morgan fingerprint density at radius 2 is 1.92 bits per heavy atom. The van der Waals surface area contributed by atoms with E-state index in [1.807, 2.05) is 30.1 Å². The van der Waals surface area contributed by atoms with E-state index >= 15 is 0 Å². The van der Waals surface area contributed by atoms with Gasteiger partial charge in [-0.05, 0) is 30.9 Å². The molecule has 1 fully saturated rings. The normalized spacial score (nSPS) is 13.8. The average Bonchev–Trinajstić information content (AvgIpc) is 3.43. The molecule has 7 heteroatoms. The molecule has 2 rings (SSSR count). The van der Waals surface area contributed by atoms with Crippen LogP contribution in [0.1, 0.15) is 23.2 Å². The Morgan fingerprint density at radius 1 is 1.24 bits per heavy atom. The largest absolute Gasteiger partial charge is 0.379 e. The van der Waals surface area contributed by atoms with E-state index in [0.717, 1.165) is 25.0 Å². The van der Waals surface area contributed by atoms with Gasteiger partial charge >= 0.3 is 0 Å². The molecule has 1 saturated carbocycles. The Labute approximate surface area is 167 Å². The molecule has 1 aromatic rings. The van der Waals surface area contributed by atoms with Gasteiger partial charge < -0.3 is 20.3 Å². The van der Waals surface area contributed by atoms with Crippen molar-refractivity contribution in [2.45, 2.75) is 12.8 Å². The van der Waals surface area contributed by atoms with E-state index in [2.05, 4.69) is 15.6 Å². The van der Waals surface area contributed by atoms with Gasteiger partial charge in [0.25, 0.3) is 5.91 Å². The summed E-state index contributed by atoms with van der Waals surface area (Å²) in [6.07, 6.45) is 2.63. The zero-order chi connectivity index (χ0) is 17.2. The first-order chi connectivity index (χ1) is 11.7. The first-order valence-corrected chi connectivity index (χ1v) is 8.53. The predicted octanol–water partition coefficient (Wildman–Crippen LogP) is 1.97. The third-order valence-electron chi connectivity index (χ3n) is 3.92. The highest BCUT2D eigenvalue weighted by Crippen LogP contribution is 2.28. The summed E-state index contributed by atoms with van der Waals surface area (Å²) in [5.74, 6) is 1.54. The molecule has 2 N–H and O–H groups in total. The van der Waals surface area contributed by atoms with Crippen molar-refractivity contribution in [2.24, 2.45) is 10.9 Å². The molecule has 6 nitrogen and oxygen atoms in total. The maximum absolute atomic E-state index is 11.9. The van der Waals surface area contributed by atoms with Crippen molar-refractivity contribution in [3.63, 3.8) is 0 Å². The fourth-order valence-corrected chi connectivity index (χ4v) is 2.27. The minimum Gasteiger partial charge on any atom is -0.379 e. The van der Waals surface area contributed by atoms with Crippen LogP contribution >= 0.6 is 24.0 Å². The number of likely N-dealkylation sites (N-methyl/N-ethyl adjacent to an activating group) is 1. The molecule has 0 heterocycles. The van der Waals surface area contributed by atoms with Gasteiger partial charge in [-0.1, -0.05) is 18.2 Å². The van der Waals surface area contributed by atoms with Crippen LogP contribution in [-0.2, 0) is 4.74 Å². The van der Waals surface area contributed by atoms with Crippen LogP contribution in [0.4, 0.5) is 0 Å². The van der Waals surface area contributed by atoms with Gasteiger partial charge in [0.1, 0.15) is 0 Å². The van der Waals surface area contributed by atoms with Crippen LogP contribution in [0.2, 0.25) is 0 Å². The topological polar surface area (TPSA) is 66.0 Å². The number of benzene rings is 1. The number of nitrogens with one attached hydrogen (secondary N) is 2. The lowest BCUT2D eigenvalue weighted by Gasteiger charge is -2.22. The lowest BCUT2D eigenvalue weighted by molar-refractivity contribution is 0.0954. The van der Waals surface area contributed by atoms with Gasteiger partial charge in [-0.15, -0.1) is 24.0 Å². The fourth-order valence-electron chi connectivity index (χ4n) is 2.27. The highest BCUT2D eigenvalue weighted by Gasteiger charge is 2.21. The van der Waals surface area contributed by atoms with Crippen LogP contribution < -0.4 is 10.6 Å². The number of amides is 1. The van der Waals surface area contributed by atoms with E-state index in [-0.39, 0.29) is 29.9 Å². The molecular formula is C18H29IN4O2. The Bertz CT molecular complexity index is 535. The van der Waals surface area contributed by atoms with Crippen LogP contribution in [0.25, 0.3) is 0 Å². The fraction of sp³-hybridized carbons (Fsp3) is 0.556. The molecule has 0 atom stereocenters. The van der Waals surface area contributed by atoms with E-state index in [0.29, 0.717) is 25.3 Å². The van der Waals surface area contributed by atoms with Gasteiger partial charge in [-0.2, -0.15) is 0 Å². The summed E-state index contributed by atoms with van der Waals surface area (Å²) in [5, 5.41) is 6.13. The third-order valence-corrected chi connectivity index (χ3v) is 3.92. The van der Waals surface area contributed by atoms with Gasteiger partial charge in [-0.3, -0.25) is 9.79 Å². The van der Waals surface area contributed by atoms with Crippen molar-refractivity contribution in [1.82, 2.24) is 15.5 Å². The Kier molecular flexibility index (Phi) is 10.5. The van der Waals surface area contributed by atoms with E-state index in [4.69, 9.17) is 4.74 Å². The number of carbonyl (C=O) groups excluding carboxylic acids is 1. The highest BCUT2D eigenvalue weighted by molar-refractivity contribution is 14.0. The lowest BCUT2D eigenvalue weighted by atomic mass is 10.2. The molecule has 1 amide bonds. The van der Waals surface area contributed by atoms with Crippen LogP contribution in [0.15, 0.2) is 35.3 Å². The molecule has 0 bridgehead atoms. The van der Waals surface area contributed by atoms with Crippen molar-refractivity contribution in [3.8, 4) is 0 Å². The van der Waals surface area contributed by atoms with E-state index in [1.165, 1.54) is 12.8 Å². The number of nitrogens with zero attached hydrogens (tertiary/aromatic N) is 2. The van der Waals surface area contributed by atoms with Crippen molar-refractivity contribution < 1.29 is 9.53 Å². The summed E-state index contributed by atoms with van der Waals surface area (Å²) in [4.78, 5) is 18.2. The number of hydrogen-bond acceptors (Lipinski definition) is 3. The molecular weight excluding hydrogens is 431 g/mol. The first kappa shape index (κ1) is 21.7. The minimum atomic E-state index is -0.0609. The van der Waals surface area contributed by atoms with Crippen molar-refractivity contribution in [1.29, 1.82) is 0 Å². The molecule has 1 aliphatic carbocycles. The standard InChI is InChI=1S/C18H28N4O2.HI/c1-19-18(22(2)12-13-24-14-15-8-9-15)21-11-10-20-17(23)16-6-4-3-5-7-16;/h3-7,15H,8-14H2,1-2H3,(H,19,21)(H,20,23);1H. The van der Waals surface area contributed by atoms with E-state index < -0.39 is 0 Å². The molecule has 140 valence electrons.